The van der Waals surface area contributed by atoms with Crippen LogP contribution in [0.2, 0.25) is 0 Å². The van der Waals surface area contributed by atoms with Crippen molar-refractivity contribution in [2.24, 2.45) is 0 Å². The van der Waals surface area contributed by atoms with E-state index in [4.69, 9.17) is 4.74 Å². The normalized spacial score (nSPS) is 10.4. The van der Waals surface area contributed by atoms with E-state index in [2.05, 4.69) is 10.3 Å². The average molecular weight is 287 g/mol. The van der Waals surface area contributed by atoms with Gasteiger partial charge in [-0.2, -0.15) is 0 Å². The number of pyridine rings is 1. The Hall–Kier alpha value is -2.47. The van der Waals surface area contributed by atoms with Crippen molar-refractivity contribution in [3.63, 3.8) is 0 Å². The fraction of sp³-hybridized carbons (Fsp3) is 0.267. The van der Waals surface area contributed by atoms with Crippen molar-refractivity contribution in [3.05, 3.63) is 57.8 Å². The number of hydrogen-bond donors (Lipinski definition) is 1. The minimum Gasteiger partial charge on any atom is -0.432 e. The molecule has 0 aliphatic carbocycles. The van der Waals surface area contributed by atoms with Gasteiger partial charge in [0.15, 0.2) is 0 Å². The van der Waals surface area contributed by atoms with Crippen LogP contribution in [0.3, 0.4) is 0 Å². The highest BCUT2D eigenvalue weighted by Crippen LogP contribution is 2.33. The van der Waals surface area contributed by atoms with E-state index in [0.717, 1.165) is 18.7 Å². The minimum absolute atomic E-state index is 0.0615. The summed E-state index contributed by atoms with van der Waals surface area (Å²) in [6.45, 7) is 5.41. The summed E-state index contributed by atoms with van der Waals surface area (Å²) in [5, 5.41) is 14.2. The smallest absolute Gasteiger partial charge is 0.311 e. The van der Waals surface area contributed by atoms with Crippen LogP contribution in [0.15, 0.2) is 36.5 Å². The number of nitrogens with one attached hydrogen (secondary N) is 1. The molecule has 0 aliphatic heterocycles. The number of nitro groups is 1. The first-order valence-electron chi connectivity index (χ1n) is 6.69. The molecule has 0 atom stereocenters. The molecular formula is C15H17N3O3. The molecule has 0 radical (unpaired) electrons. The SMILES string of the molecule is CCNCc1ccc(Oc2c(C)cccc2[N+](=O)[O-])nc1. The fourth-order valence-electron chi connectivity index (χ4n) is 1.86. The van der Waals surface area contributed by atoms with Gasteiger partial charge >= 0.3 is 5.69 Å². The van der Waals surface area contributed by atoms with Crippen LogP contribution in [-0.4, -0.2) is 16.5 Å². The maximum absolute atomic E-state index is 11.0. The highest BCUT2D eigenvalue weighted by Gasteiger charge is 2.18. The summed E-state index contributed by atoms with van der Waals surface area (Å²) < 4.78 is 5.59. The van der Waals surface area contributed by atoms with Gasteiger partial charge in [0, 0.05) is 24.9 Å². The highest BCUT2D eigenvalue weighted by atomic mass is 16.6. The Labute approximate surface area is 122 Å². The van der Waals surface area contributed by atoms with Gasteiger partial charge in [0.1, 0.15) is 0 Å². The topological polar surface area (TPSA) is 77.3 Å². The minimum atomic E-state index is -0.456. The first-order valence-corrected chi connectivity index (χ1v) is 6.69. The lowest BCUT2D eigenvalue weighted by atomic mass is 10.2. The van der Waals surface area contributed by atoms with E-state index in [1.165, 1.54) is 6.07 Å². The lowest BCUT2D eigenvalue weighted by molar-refractivity contribution is -0.385. The zero-order valence-corrected chi connectivity index (χ0v) is 12.0. The van der Waals surface area contributed by atoms with Gasteiger partial charge in [-0.15, -0.1) is 0 Å². The summed E-state index contributed by atoms with van der Waals surface area (Å²) in [4.78, 5) is 14.8. The molecule has 110 valence electrons. The molecule has 0 saturated carbocycles. The molecule has 6 nitrogen and oxygen atoms in total. The second kappa shape index (κ2) is 6.81. The Morgan fingerprint density at radius 3 is 2.76 bits per heavy atom. The second-order valence-corrected chi connectivity index (χ2v) is 4.57. The number of nitrogens with zero attached hydrogens (tertiary/aromatic N) is 2. The molecule has 0 bridgehead atoms. The van der Waals surface area contributed by atoms with E-state index in [1.807, 2.05) is 13.0 Å². The van der Waals surface area contributed by atoms with E-state index >= 15 is 0 Å². The molecular weight excluding hydrogens is 270 g/mol. The molecule has 2 aromatic rings. The summed E-state index contributed by atoms with van der Waals surface area (Å²) in [6, 6.07) is 8.41. The van der Waals surface area contributed by atoms with Gasteiger partial charge in [-0.25, -0.2) is 4.98 Å². The summed E-state index contributed by atoms with van der Waals surface area (Å²) in [5.41, 5.74) is 1.67. The summed E-state index contributed by atoms with van der Waals surface area (Å²) in [5.74, 6) is 0.571. The third-order valence-electron chi connectivity index (χ3n) is 2.97. The largest absolute Gasteiger partial charge is 0.432 e. The zero-order chi connectivity index (χ0) is 15.2. The van der Waals surface area contributed by atoms with Crippen LogP contribution in [0.5, 0.6) is 11.6 Å². The van der Waals surface area contributed by atoms with Gasteiger partial charge < -0.3 is 10.1 Å². The molecule has 0 aliphatic rings. The molecule has 1 N–H and O–H groups in total. The Morgan fingerprint density at radius 2 is 2.14 bits per heavy atom. The number of benzene rings is 1. The number of aryl methyl sites for hydroxylation is 1. The van der Waals surface area contributed by atoms with Crippen LogP contribution in [0.1, 0.15) is 18.1 Å². The van der Waals surface area contributed by atoms with Crippen molar-refractivity contribution in [3.8, 4) is 11.6 Å². The van der Waals surface area contributed by atoms with Crippen LogP contribution in [0.4, 0.5) is 5.69 Å². The number of hydrogen-bond acceptors (Lipinski definition) is 5. The molecule has 21 heavy (non-hydrogen) atoms. The van der Waals surface area contributed by atoms with Crippen LogP contribution >= 0.6 is 0 Å². The monoisotopic (exact) mass is 287 g/mol. The standard InChI is InChI=1S/C15H17N3O3/c1-3-16-9-12-7-8-14(17-10-12)21-15-11(2)5-4-6-13(15)18(19)20/h4-8,10,16H,3,9H2,1-2H3. The van der Waals surface area contributed by atoms with Gasteiger partial charge in [-0.3, -0.25) is 10.1 Å². The van der Waals surface area contributed by atoms with Crippen LogP contribution in [0.25, 0.3) is 0 Å². The van der Waals surface area contributed by atoms with E-state index < -0.39 is 4.92 Å². The van der Waals surface area contributed by atoms with Crippen LogP contribution < -0.4 is 10.1 Å². The van der Waals surface area contributed by atoms with Gasteiger partial charge in [-0.1, -0.05) is 25.1 Å². The maximum Gasteiger partial charge on any atom is 0.311 e. The van der Waals surface area contributed by atoms with Crippen molar-refractivity contribution >= 4 is 5.69 Å². The summed E-state index contributed by atoms with van der Waals surface area (Å²) >= 11 is 0. The lowest BCUT2D eigenvalue weighted by Gasteiger charge is -2.08. The molecule has 0 saturated heterocycles. The average Bonchev–Trinajstić information content (AvgIpc) is 2.48. The van der Waals surface area contributed by atoms with E-state index in [0.29, 0.717) is 11.4 Å². The Bertz CT molecular complexity index is 627. The third-order valence-corrected chi connectivity index (χ3v) is 2.97. The Kier molecular flexibility index (Phi) is 4.84. The molecule has 2 rings (SSSR count). The zero-order valence-electron chi connectivity index (χ0n) is 12.0. The molecule has 1 aromatic carbocycles. The second-order valence-electron chi connectivity index (χ2n) is 4.57. The van der Waals surface area contributed by atoms with Crippen LogP contribution in [0, 0.1) is 17.0 Å². The summed E-state index contributed by atoms with van der Waals surface area (Å²) in [6.07, 6.45) is 1.70. The lowest BCUT2D eigenvalue weighted by Crippen LogP contribution is -2.11. The van der Waals surface area contributed by atoms with Crippen molar-refractivity contribution in [2.75, 3.05) is 6.54 Å². The number of ether oxygens (including phenoxy) is 1. The molecule has 1 heterocycles. The molecule has 0 unspecified atom stereocenters. The third kappa shape index (κ3) is 3.76. The molecule has 6 heteroatoms. The molecule has 1 aromatic heterocycles. The van der Waals surface area contributed by atoms with E-state index in [9.17, 15) is 10.1 Å². The van der Waals surface area contributed by atoms with Crippen molar-refractivity contribution in [2.45, 2.75) is 20.4 Å². The van der Waals surface area contributed by atoms with Crippen molar-refractivity contribution < 1.29 is 9.66 Å². The number of rotatable bonds is 6. The van der Waals surface area contributed by atoms with Gasteiger partial charge in [-0.05, 0) is 24.6 Å². The van der Waals surface area contributed by atoms with Gasteiger partial charge in [0.2, 0.25) is 11.6 Å². The van der Waals surface area contributed by atoms with E-state index in [-0.39, 0.29) is 11.4 Å². The van der Waals surface area contributed by atoms with Crippen molar-refractivity contribution in [1.29, 1.82) is 0 Å². The Morgan fingerprint density at radius 1 is 1.33 bits per heavy atom. The molecule has 0 fully saturated rings. The van der Waals surface area contributed by atoms with Gasteiger partial charge in [0.25, 0.3) is 0 Å². The summed E-state index contributed by atoms with van der Waals surface area (Å²) in [7, 11) is 0. The maximum atomic E-state index is 11.0. The number of aromatic nitrogens is 1. The Balaban J connectivity index is 2.20. The van der Waals surface area contributed by atoms with Crippen LogP contribution in [-0.2, 0) is 6.54 Å². The number of para-hydroxylation sites is 1. The van der Waals surface area contributed by atoms with Crippen molar-refractivity contribution in [1.82, 2.24) is 10.3 Å². The van der Waals surface area contributed by atoms with E-state index in [1.54, 1.807) is 31.3 Å². The fourth-order valence-corrected chi connectivity index (χ4v) is 1.86. The first-order chi connectivity index (χ1) is 10.1. The molecule has 0 spiro atoms. The predicted molar refractivity (Wildman–Crippen MR) is 79.5 cm³/mol. The molecule has 0 amide bonds. The quantitative estimate of drug-likeness (QED) is 0.652. The first kappa shape index (κ1) is 14.9. The van der Waals surface area contributed by atoms with Gasteiger partial charge in [0.05, 0.1) is 4.92 Å². The predicted octanol–water partition coefficient (Wildman–Crippen LogP) is 3.20. The highest BCUT2D eigenvalue weighted by molar-refractivity contribution is 5.52. The number of nitro benzene ring substituents is 1.